The molecular formula is C25H48FO5P. The molecule has 0 saturated carbocycles. The molecule has 0 aliphatic rings. The number of hydrogen-bond donors (Lipinski definition) is 0. The molecule has 190 valence electrons. The minimum atomic E-state index is -4.12. The van der Waals surface area contributed by atoms with Crippen LogP contribution in [0.15, 0.2) is 12.2 Å². The maximum absolute atomic E-state index is 13.1. The number of carbonyl (C=O) groups excluding carboxylic acids is 1. The van der Waals surface area contributed by atoms with Crippen molar-refractivity contribution in [2.24, 2.45) is 0 Å². The predicted octanol–water partition coefficient (Wildman–Crippen LogP) is 8.17. The van der Waals surface area contributed by atoms with Crippen LogP contribution in [0.3, 0.4) is 0 Å². The number of ether oxygens (including phenoxy) is 2. The lowest BCUT2D eigenvalue weighted by atomic mass is 10.1. The molecule has 2 unspecified atom stereocenters. The topological polar surface area (TPSA) is 61.8 Å². The molecule has 0 aliphatic heterocycles. The average molecular weight is 479 g/mol. The van der Waals surface area contributed by atoms with Gasteiger partial charge in [-0.1, -0.05) is 70.4 Å². The van der Waals surface area contributed by atoms with Gasteiger partial charge in [0.05, 0.1) is 19.3 Å². The number of carbonyl (C=O) groups is 1. The third-order valence-electron chi connectivity index (χ3n) is 5.05. The molecule has 0 amide bonds. The first-order chi connectivity index (χ1) is 15.2. The van der Waals surface area contributed by atoms with Crippen LogP contribution in [0.4, 0.5) is 4.20 Å². The molecule has 32 heavy (non-hydrogen) atoms. The van der Waals surface area contributed by atoms with Crippen LogP contribution in [0.25, 0.3) is 0 Å². The third kappa shape index (κ3) is 23.9. The molecular weight excluding hydrogens is 430 g/mol. The first kappa shape index (κ1) is 31.3. The van der Waals surface area contributed by atoms with E-state index in [1.807, 2.05) is 13.8 Å². The summed E-state index contributed by atoms with van der Waals surface area (Å²) in [6, 6.07) is 0. The molecule has 0 aliphatic carbocycles. The van der Waals surface area contributed by atoms with E-state index in [1.165, 1.54) is 51.4 Å². The Kier molecular flexibility index (Phi) is 20.4. The molecule has 7 heteroatoms. The Bertz CT molecular complexity index is 518. The molecule has 0 N–H and O–H groups in total. The van der Waals surface area contributed by atoms with E-state index in [-0.39, 0.29) is 25.3 Å². The lowest BCUT2D eigenvalue weighted by Crippen LogP contribution is -2.29. The first-order valence-corrected chi connectivity index (χ1v) is 14.6. The van der Waals surface area contributed by atoms with Crippen molar-refractivity contribution in [2.75, 3.05) is 19.9 Å². The standard InChI is InChI=1S/C25H48FO5P/c1-5-6-7-8-9-10-11-12-13-14-15-16-17-18-19-20-25(27)31-24(21-29-23(2)3)22-30-32(4,26)28/h12-13,23-24H,5-11,14-22H2,1-4H3. The lowest BCUT2D eigenvalue weighted by Gasteiger charge is -2.19. The van der Waals surface area contributed by atoms with Gasteiger partial charge < -0.3 is 14.0 Å². The Labute approximate surface area is 196 Å². The molecule has 5 nitrogen and oxygen atoms in total. The number of rotatable bonds is 22. The van der Waals surface area contributed by atoms with Crippen molar-refractivity contribution < 1.29 is 27.6 Å². The van der Waals surface area contributed by atoms with Gasteiger partial charge in [0.1, 0.15) is 6.10 Å². The zero-order valence-corrected chi connectivity index (χ0v) is 21.9. The van der Waals surface area contributed by atoms with E-state index in [0.29, 0.717) is 6.42 Å². The number of hydrogen-bond acceptors (Lipinski definition) is 5. The number of allylic oxidation sites excluding steroid dienone is 2. The van der Waals surface area contributed by atoms with Crippen LogP contribution in [0.5, 0.6) is 0 Å². The van der Waals surface area contributed by atoms with E-state index in [4.69, 9.17) is 9.47 Å². The van der Waals surface area contributed by atoms with Crippen molar-refractivity contribution in [3.63, 3.8) is 0 Å². The molecule has 0 rings (SSSR count). The fourth-order valence-corrected chi connectivity index (χ4v) is 3.65. The zero-order valence-electron chi connectivity index (χ0n) is 21.0. The van der Waals surface area contributed by atoms with Crippen LogP contribution in [0.1, 0.15) is 111 Å². The minimum absolute atomic E-state index is 0.0552. The third-order valence-corrected chi connectivity index (χ3v) is 5.66. The van der Waals surface area contributed by atoms with Crippen LogP contribution in [0.2, 0.25) is 0 Å². The van der Waals surface area contributed by atoms with Gasteiger partial charge in [-0.2, -0.15) is 4.20 Å². The molecule has 0 bridgehead atoms. The quantitative estimate of drug-likeness (QED) is 0.0679. The van der Waals surface area contributed by atoms with E-state index in [1.54, 1.807) is 0 Å². The molecule has 0 aromatic carbocycles. The predicted molar refractivity (Wildman–Crippen MR) is 131 cm³/mol. The maximum atomic E-state index is 13.1. The van der Waals surface area contributed by atoms with Crippen LogP contribution in [0, 0.1) is 0 Å². The highest BCUT2D eigenvalue weighted by Crippen LogP contribution is 2.44. The second kappa shape index (κ2) is 20.9. The Morgan fingerprint density at radius 3 is 1.94 bits per heavy atom. The molecule has 0 heterocycles. The van der Waals surface area contributed by atoms with Crippen LogP contribution < -0.4 is 0 Å². The van der Waals surface area contributed by atoms with Crippen molar-refractivity contribution >= 4 is 13.6 Å². The highest BCUT2D eigenvalue weighted by atomic mass is 31.2. The van der Waals surface area contributed by atoms with Gasteiger partial charge in [0, 0.05) is 13.1 Å². The van der Waals surface area contributed by atoms with E-state index in [2.05, 4.69) is 23.6 Å². The molecule has 2 atom stereocenters. The van der Waals surface area contributed by atoms with Crippen molar-refractivity contribution in [2.45, 2.75) is 123 Å². The summed E-state index contributed by atoms with van der Waals surface area (Å²) in [6.45, 7) is 6.67. The van der Waals surface area contributed by atoms with Crippen molar-refractivity contribution in [1.82, 2.24) is 0 Å². The number of halogens is 1. The van der Waals surface area contributed by atoms with Crippen molar-refractivity contribution in [1.29, 1.82) is 0 Å². The summed E-state index contributed by atoms with van der Waals surface area (Å²) in [4.78, 5) is 12.1. The van der Waals surface area contributed by atoms with Gasteiger partial charge in [-0.05, 0) is 46.0 Å². The van der Waals surface area contributed by atoms with E-state index >= 15 is 0 Å². The largest absolute Gasteiger partial charge is 0.457 e. The molecule has 0 aromatic heterocycles. The Morgan fingerprint density at radius 2 is 1.41 bits per heavy atom. The highest BCUT2D eigenvalue weighted by Gasteiger charge is 2.21. The lowest BCUT2D eigenvalue weighted by molar-refractivity contribution is -0.155. The van der Waals surface area contributed by atoms with Gasteiger partial charge in [0.25, 0.3) is 0 Å². The van der Waals surface area contributed by atoms with Crippen LogP contribution >= 0.6 is 7.68 Å². The zero-order chi connectivity index (χ0) is 24.1. The molecule has 0 fully saturated rings. The summed E-state index contributed by atoms with van der Waals surface area (Å²) >= 11 is 0. The molecule has 0 aromatic rings. The van der Waals surface area contributed by atoms with E-state index in [0.717, 1.165) is 38.8 Å². The minimum Gasteiger partial charge on any atom is -0.457 e. The summed E-state index contributed by atoms with van der Waals surface area (Å²) in [6.07, 6.45) is 19.7. The summed E-state index contributed by atoms with van der Waals surface area (Å²) in [7, 11) is -4.12. The maximum Gasteiger partial charge on any atom is 0.364 e. The van der Waals surface area contributed by atoms with Gasteiger partial charge >= 0.3 is 13.6 Å². The van der Waals surface area contributed by atoms with Crippen LogP contribution in [-0.4, -0.2) is 38.1 Å². The first-order valence-electron chi connectivity index (χ1n) is 12.6. The second-order valence-electron chi connectivity index (χ2n) is 8.87. The van der Waals surface area contributed by atoms with Crippen LogP contribution in [-0.2, 0) is 23.4 Å². The Morgan fingerprint density at radius 1 is 0.875 bits per heavy atom. The molecule has 0 spiro atoms. The summed E-state index contributed by atoms with van der Waals surface area (Å²) in [5.41, 5.74) is 0. The van der Waals surface area contributed by atoms with Crippen molar-refractivity contribution in [3.05, 3.63) is 12.2 Å². The summed E-state index contributed by atoms with van der Waals surface area (Å²) < 4.78 is 39.7. The normalized spacial score (nSPS) is 14.7. The monoisotopic (exact) mass is 478 g/mol. The molecule has 0 saturated heterocycles. The average Bonchev–Trinajstić information content (AvgIpc) is 2.72. The van der Waals surface area contributed by atoms with Gasteiger partial charge in [-0.25, -0.2) is 0 Å². The summed E-state index contributed by atoms with van der Waals surface area (Å²) in [5, 5.41) is 0. The Hall–Kier alpha value is -0.710. The van der Waals surface area contributed by atoms with E-state index < -0.39 is 13.8 Å². The summed E-state index contributed by atoms with van der Waals surface area (Å²) in [5.74, 6) is -0.353. The fourth-order valence-electron chi connectivity index (χ4n) is 3.22. The van der Waals surface area contributed by atoms with Gasteiger partial charge in [-0.3, -0.25) is 9.36 Å². The van der Waals surface area contributed by atoms with Crippen molar-refractivity contribution in [3.8, 4) is 0 Å². The number of esters is 1. The van der Waals surface area contributed by atoms with Gasteiger partial charge in [0.15, 0.2) is 0 Å². The highest BCUT2D eigenvalue weighted by molar-refractivity contribution is 7.52. The smallest absolute Gasteiger partial charge is 0.364 e. The van der Waals surface area contributed by atoms with Gasteiger partial charge in [-0.15, -0.1) is 0 Å². The van der Waals surface area contributed by atoms with E-state index in [9.17, 15) is 13.6 Å². The second-order valence-corrected chi connectivity index (χ2v) is 10.6. The number of unbranched alkanes of at least 4 members (excludes halogenated alkanes) is 11. The molecule has 0 radical (unpaired) electrons. The Balaban J connectivity index is 3.74. The SMILES string of the molecule is CCCCCCCCC=CCCCCCCCC(=O)OC(COC(C)C)COP(C)(=O)F. The fraction of sp³-hybridized carbons (Fsp3) is 0.880. The van der Waals surface area contributed by atoms with Gasteiger partial charge in [0.2, 0.25) is 0 Å².